The predicted molar refractivity (Wildman–Crippen MR) is 104 cm³/mol. The maximum Gasteiger partial charge on any atom is 0.251 e. The first-order chi connectivity index (χ1) is 12.7. The number of benzene rings is 2. The molecule has 1 amide bonds. The number of carbonyl (C=O) groups excluding carboxylic acids is 1. The number of hydrogen-bond acceptors (Lipinski definition) is 4. The first-order valence-electron chi connectivity index (χ1n) is 8.89. The van der Waals surface area contributed by atoms with Crippen molar-refractivity contribution in [3.8, 4) is 5.75 Å². The van der Waals surface area contributed by atoms with Crippen LogP contribution in [0.15, 0.2) is 48.5 Å². The molecule has 0 aromatic heterocycles. The van der Waals surface area contributed by atoms with Crippen LogP contribution in [0, 0.1) is 0 Å². The van der Waals surface area contributed by atoms with Crippen molar-refractivity contribution in [2.75, 3.05) is 39.3 Å². The molecule has 0 aliphatic carbocycles. The summed E-state index contributed by atoms with van der Waals surface area (Å²) >= 11 is 5.88. The number of nitrogens with zero attached hydrogens (tertiary/aromatic N) is 1. The Morgan fingerprint density at radius 3 is 2.69 bits per heavy atom. The minimum Gasteiger partial charge on any atom is -0.489 e. The Bertz CT molecular complexity index is 715. The van der Waals surface area contributed by atoms with Crippen LogP contribution in [0.2, 0.25) is 5.02 Å². The molecule has 2 N–H and O–H groups in total. The summed E-state index contributed by atoms with van der Waals surface area (Å²) in [5.41, 5.74) is 1.64. The van der Waals surface area contributed by atoms with Gasteiger partial charge in [-0.1, -0.05) is 29.8 Å². The number of amides is 1. The number of halogens is 1. The maximum atomic E-state index is 12.3. The second-order valence-electron chi connectivity index (χ2n) is 6.29. The van der Waals surface area contributed by atoms with Crippen LogP contribution in [-0.4, -0.2) is 50.1 Å². The zero-order valence-electron chi connectivity index (χ0n) is 14.7. The largest absolute Gasteiger partial charge is 0.489 e. The number of ether oxygens (including phenoxy) is 1. The lowest BCUT2D eigenvalue weighted by Crippen LogP contribution is -2.46. The van der Waals surface area contributed by atoms with E-state index in [9.17, 15) is 4.79 Å². The van der Waals surface area contributed by atoms with Crippen molar-refractivity contribution in [1.29, 1.82) is 0 Å². The van der Waals surface area contributed by atoms with Gasteiger partial charge in [-0.05, 0) is 35.9 Å². The van der Waals surface area contributed by atoms with Crippen LogP contribution in [0.3, 0.4) is 0 Å². The topological polar surface area (TPSA) is 53.6 Å². The summed E-state index contributed by atoms with van der Waals surface area (Å²) in [6.07, 6.45) is 0. The van der Waals surface area contributed by atoms with Gasteiger partial charge in [0.1, 0.15) is 12.4 Å². The number of hydrogen-bond donors (Lipinski definition) is 2. The summed E-state index contributed by atoms with van der Waals surface area (Å²) in [6, 6.07) is 14.8. The lowest BCUT2D eigenvalue weighted by molar-refractivity contribution is 0.0947. The molecule has 0 spiro atoms. The van der Waals surface area contributed by atoms with Crippen LogP contribution in [0.5, 0.6) is 5.75 Å². The highest BCUT2D eigenvalue weighted by molar-refractivity contribution is 6.30. The Hall–Kier alpha value is -2.08. The van der Waals surface area contributed by atoms with E-state index in [1.54, 1.807) is 12.1 Å². The van der Waals surface area contributed by atoms with E-state index in [2.05, 4.69) is 15.5 Å². The summed E-state index contributed by atoms with van der Waals surface area (Å²) in [7, 11) is 0. The lowest BCUT2D eigenvalue weighted by atomic mass is 10.2. The van der Waals surface area contributed by atoms with E-state index in [0.29, 0.717) is 29.5 Å². The van der Waals surface area contributed by atoms with Crippen molar-refractivity contribution in [2.24, 2.45) is 0 Å². The Morgan fingerprint density at radius 1 is 1.15 bits per heavy atom. The molecule has 0 radical (unpaired) electrons. The second-order valence-corrected chi connectivity index (χ2v) is 6.73. The van der Waals surface area contributed by atoms with Gasteiger partial charge < -0.3 is 15.4 Å². The first kappa shape index (κ1) is 18.7. The van der Waals surface area contributed by atoms with Crippen LogP contribution in [0.4, 0.5) is 0 Å². The van der Waals surface area contributed by atoms with E-state index >= 15 is 0 Å². The summed E-state index contributed by atoms with van der Waals surface area (Å²) < 4.78 is 5.78. The highest BCUT2D eigenvalue weighted by atomic mass is 35.5. The average Bonchev–Trinajstić information content (AvgIpc) is 2.68. The average molecular weight is 374 g/mol. The Balaban J connectivity index is 1.47. The quantitative estimate of drug-likeness (QED) is 0.783. The maximum absolute atomic E-state index is 12.3. The van der Waals surface area contributed by atoms with Crippen LogP contribution in [0.1, 0.15) is 15.9 Å². The summed E-state index contributed by atoms with van der Waals surface area (Å²) in [4.78, 5) is 14.7. The van der Waals surface area contributed by atoms with Gasteiger partial charge in [-0.15, -0.1) is 0 Å². The van der Waals surface area contributed by atoms with Gasteiger partial charge in [0, 0.05) is 49.9 Å². The minimum absolute atomic E-state index is 0.0722. The molecule has 1 fully saturated rings. The SMILES string of the molecule is O=C(NCCN1CCNCC1)c1cccc(OCc2ccc(Cl)cc2)c1. The second kappa shape index (κ2) is 9.57. The Kier molecular flexibility index (Phi) is 6.89. The van der Waals surface area contributed by atoms with Gasteiger partial charge in [-0.25, -0.2) is 0 Å². The fourth-order valence-corrected chi connectivity index (χ4v) is 2.96. The minimum atomic E-state index is -0.0722. The zero-order valence-corrected chi connectivity index (χ0v) is 15.5. The number of nitrogens with one attached hydrogen (secondary N) is 2. The van der Waals surface area contributed by atoms with Gasteiger partial charge in [-0.2, -0.15) is 0 Å². The summed E-state index contributed by atoms with van der Waals surface area (Å²) in [5.74, 6) is 0.604. The van der Waals surface area contributed by atoms with E-state index in [1.165, 1.54) is 0 Å². The van der Waals surface area contributed by atoms with Gasteiger partial charge in [0.15, 0.2) is 0 Å². The van der Waals surface area contributed by atoms with Crippen LogP contribution in [0.25, 0.3) is 0 Å². The normalized spacial score (nSPS) is 14.8. The van der Waals surface area contributed by atoms with Crippen molar-refractivity contribution in [3.63, 3.8) is 0 Å². The molecule has 1 aliphatic rings. The number of rotatable bonds is 7. The first-order valence-corrected chi connectivity index (χ1v) is 9.27. The lowest BCUT2D eigenvalue weighted by Gasteiger charge is -2.27. The standard InChI is InChI=1S/C20H24ClN3O2/c21-18-6-4-16(5-7-18)15-26-19-3-1-2-17(14-19)20(25)23-10-13-24-11-8-22-9-12-24/h1-7,14,22H,8-13,15H2,(H,23,25). The molecule has 5 nitrogen and oxygen atoms in total. The van der Waals surface area contributed by atoms with E-state index in [-0.39, 0.29) is 5.91 Å². The smallest absolute Gasteiger partial charge is 0.251 e. The highest BCUT2D eigenvalue weighted by Crippen LogP contribution is 2.16. The predicted octanol–water partition coefficient (Wildman–Crippen LogP) is 2.55. The van der Waals surface area contributed by atoms with Crippen LogP contribution >= 0.6 is 11.6 Å². The molecule has 3 rings (SSSR count). The highest BCUT2D eigenvalue weighted by Gasteiger charge is 2.10. The van der Waals surface area contributed by atoms with Crippen molar-refractivity contribution in [1.82, 2.24) is 15.5 Å². The molecular formula is C20H24ClN3O2. The molecule has 2 aromatic carbocycles. The molecule has 6 heteroatoms. The molecule has 1 heterocycles. The third-order valence-corrected chi connectivity index (χ3v) is 4.59. The molecule has 26 heavy (non-hydrogen) atoms. The number of piperazine rings is 1. The fraction of sp³-hybridized carbons (Fsp3) is 0.350. The molecule has 0 unspecified atom stereocenters. The molecule has 2 aromatic rings. The summed E-state index contributed by atoms with van der Waals surface area (Å²) in [5, 5.41) is 7.01. The molecule has 1 saturated heterocycles. The van der Waals surface area contributed by atoms with Crippen LogP contribution < -0.4 is 15.4 Å². The number of carbonyl (C=O) groups is 1. The Morgan fingerprint density at radius 2 is 1.92 bits per heavy atom. The fourth-order valence-electron chi connectivity index (χ4n) is 2.84. The van der Waals surface area contributed by atoms with E-state index < -0.39 is 0 Å². The van der Waals surface area contributed by atoms with E-state index in [4.69, 9.17) is 16.3 Å². The molecule has 0 saturated carbocycles. The third kappa shape index (κ3) is 5.73. The monoisotopic (exact) mass is 373 g/mol. The molecule has 1 aliphatic heterocycles. The van der Waals surface area contributed by atoms with Crippen molar-refractivity contribution < 1.29 is 9.53 Å². The van der Waals surface area contributed by atoms with Gasteiger partial charge in [0.05, 0.1) is 0 Å². The van der Waals surface area contributed by atoms with Crippen LogP contribution in [-0.2, 0) is 6.61 Å². The molecule has 0 bridgehead atoms. The van der Waals surface area contributed by atoms with Gasteiger partial charge in [0.25, 0.3) is 5.91 Å². The molecule has 0 atom stereocenters. The zero-order chi connectivity index (χ0) is 18.2. The molecule has 138 valence electrons. The van der Waals surface area contributed by atoms with E-state index in [0.717, 1.165) is 38.3 Å². The van der Waals surface area contributed by atoms with E-state index in [1.807, 2.05) is 36.4 Å². The molecular weight excluding hydrogens is 350 g/mol. The van der Waals surface area contributed by atoms with Crippen molar-refractivity contribution in [3.05, 3.63) is 64.7 Å². The summed E-state index contributed by atoms with van der Waals surface area (Å²) in [6.45, 7) is 6.05. The van der Waals surface area contributed by atoms with Crippen molar-refractivity contribution in [2.45, 2.75) is 6.61 Å². The third-order valence-electron chi connectivity index (χ3n) is 4.34. The van der Waals surface area contributed by atoms with Gasteiger partial charge in [-0.3, -0.25) is 9.69 Å². The van der Waals surface area contributed by atoms with Crippen molar-refractivity contribution >= 4 is 17.5 Å². The van der Waals surface area contributed by atoms with Gasteiger partial charge >= 0.3 is 0 Å². The van der Waals surface area contributed by atoms with Gasteiger partial charge in [0.2, 0.25) is 0 Å². The Labute approximate surface area is 159 Å².